The van der Waals surface area contributed by atoms with Crippen LogP contribution in [0.3, 0.4) is 0 Å². The molecule has 0 aliphatic carbocycles. The van der Waals surface area contributed by atoms with E-state index in [4.69, 9.17) is 0 Å². The zero-order valence-electron chi connectivity index (χ0n) is 15.1. The molecule has 7 nitrogen and oxygen atoms in total. The van der Waals surface area contributed by atoms with E-state index in [1.807, 2.05) is 0 Å². The molecule has 3 rings (SSSR count). The van der Waals surface area contributed by atoms with Gasteiger partial charge in [0.1, 0.15) is 10.7 Å². The molecule has 1 aliphatic heterocycles. The van der Waals surface area contributed by atoms with E-state index in [2.05, 4.69) is 15.0 Å². The average molecular weight is 377 g/mol. The number of thiophene rings is 1. The molecule has 2 aromatic heterocycles. The first-order valence-electron chi connectivity index (χ1n) is 8.90. The number of hydrogen-bond acceptors (Lipinski definition) is 6. The summed E-state index contributed by atoms with van der Waals surface area (Å²) in [5, 5.41) is 3.36. The van der Waals surface area contributed by atoms with Crippen LogP contribution in [0.2, 0.25) is 0 Å². The quantitative estimate of drug-likeness (QED) is 0.637. The normalized spacial score (nSPS) is 13.9. The Morgan fingerprint density at radius 1 is 1.31 bits per heavy atom. The maximum atomic E-state index is 12.9. The van der Waals surface area contributed by atoms with Gasteiger partial charge in [-0.25, -0.2) is 4.98 Å². The van der Waals surface area contributed by atoms with Gasteiger partial charge in [0, 0.05) is 25.9 Å². The topological polar surface area (TPSA) is 90.3 Å². The van der Waals surface area contributed by atoms with Crippen LogP contribution in [0.25, 0.3) is 10.2 Å². The van der Waals surface area contributed by atoms with Crippen molar-refractivity contribution in [1.29, 1.82) is 0 Å². The number of hydrogen-bond donors (Lipinski definition) is 1. The lowest BCUT2D eigenvalue weighted by Gasteiger charge is -2.08. The van der Waals surface area contributed by atoms with Gasteiger partial charge in [-0.15, -0.1) is 11.3 Å². The highest BCUT2D eigenvalue weighted by molar-refractivity contribution is 7.20. The van der Waals surface area contributed by atoms with Gasteiger partial charge in [-0.3, -0.25) is 19.0 Å². The molecule has 1 N–H and O–H groups in total. The molecule has 0 saturated heterocycles. The Hall–Kier alpha value is -2.22. The highest BCUT2D eigenvalue weighted by atomic mass is 32.1. The van der Waals surface area contributed by atoms with E-state index in [1.54, 1.807) is 11.5 Å². The molecule has 3 heterocycles. The molecule has 26 heavy (non-hydrogen) atoms. The lowest BCUT2D eigenvalue weighted by molar-refractivity contribution is -0.140. The van der Waals surface area contributed by atoms with Crippen molar-refractivity contribution < 1.29 is 14.3 Å². The number of fused-ring (bicyclic) bond motifs is 2. The minimum Gasteiger partial charge on any atom is -0.469 e. The molecule has 0 aromatic carbocycles. The van der Waals surface area contributed by atoms with Crippen molar-refractivity contribution in [3.8, 4) is 0 Å². The van der Waals surface area contributed by atoms with Crippen LogP contribution in [0.15, 0.2) is 4.79 Å². The third-order valence-electron chi connectivity index (χ3n) is 4.69. The lowest BCUT2D eigenvalue weighted by Crippen LogP contribution is -2.25. The smallest absolute Gasteiger partial charge is 0.305 e. The van der Waals surface area contributed by atoms with E-state index in [1.165, 1.54) is 18.4 Å². The lowest BCUT2D eigenvalue weighted by atomic mass is 10.2. The van der Waals surface area contributed by atoms with Crippen LogP contribution < -0.4 is 10.9 Å². The van der Waals surface area contributed by atoms with Gasteiger partial charge in [-0.1, -0.05) is 6.42 Å². The van der Waals surface area contributed by atoms with Crippen molar-refractivity contribution in [1.82, 2.24) is 14.9 Å². The Bertz CT molecular complexity index is 900. The summed E-state index contributed by atoms with van der Waals surface area (Å²) in [4.78, 5) is 42.3. The second kappa shape index (κ2) is 7.99. The molecule has 0 bridgehead atoms. The van der Waals surface area contributed by atoms with Gasteiger partial charge in [0.15, 0.2) is 0 Å². The zero-order valence-corrected chi connectivity index (χ0v) is 15.9. The minimum absolute atomic E-state index is 0.0367. The predicted molar refractivity (Wildman–Crippen MR) is 99.8 cm³/mol. The Kier molecular flexibility index (Phi) is 5.70. The molecule has 0 fully saturated rings. The minimum atomic E-state index is -0.295. The number of carbonyl (C=O) groups is 2. The van der Waals surface area contributed by atoms with Gasteiger partial charge >= 0.3 is 5.97 Å². The summed E-state index contributed by atoms with van der Waals surface area (Å²) in [6.07, 6.45) is 4.70. The Morgan fingerprint density at radius 2 is 2.12 bits per heavy atom. The van der Waals surface area contributed by atoms with Crippen molar-refractivity contribution in [2.24, 2.45) is 0 Å². The maximum absolute atomic E-state index is 12.9. The van der Waals surface area contributed by atoms with Gasteiger partial charge in [0.2, 0.25) is 0 Å². The van der Waals surface area contributed by atoms with Crippen LogP contribution in [0, 0.1) is 6.92 Å². The summed E-state index contributed by atoms with van der Waals surface area (Å²) in [6.45, 7) is 2.88. The molecule has 1 aliphatic rings. The molecule has 0 spiro atoms. The molecule has 140 valence electrons. The van der Waals surface area contributed by atoms with Gasteiger partial charge in [0.05, 0.1) is 17.4 Å². The van der Waals surface area contributed by atoms with Crippen molar-refractivity contribution in [3.63, 3.8) is 0 Å². The predicted octanol–water partition coefficient (Wildman–Crippen LogP) is 2.18. The Labute approximate surface area is 155 Å². The van der Waals surface area contributed by atoms with E-state index < -0.39 is 0 Å². The molecule has 0 saturated carbocycles. The van der Waals surface area contributed by atoms with Gasteiger partial charge < -0.3 is 10.1 Å². The SMILES string of the molecule is COC(=O)CCCNC(=O)c1sc2nc3n(c(=O)c2c1C)CCCCC3. The summed E-state index contributed by atoms with van der Waals surface area (Å²) >= 11 is 1.27. The standard InChI is InChI=1S/C18H23N3O4S/c1-11-14-17(20-12-7-4-3-5-10-21(12)18(14)24)26-15(11)16(23)19-9-6-8-13(22)25-2/h3-10H2,1-2H3,(H,19,23). The summed E-state index contributed by atoms with van der Waals surface area (Å²) < 4.78 is 6.35. The first-order valence-corrected chi connectivity index (χ1v) is 9.72. The van der Waals surface area contributed by atoms with E-state index in [-0.39, 0.29) is 23.9 Å². The number of aromatic nitrogens is 2. The van der Waals surface area contributed by atoms with Crippen molar-refractivity contribution in [2.45, 2.75) is 52.0 Å². The van der Waals surface area contributed by atoms with Crippen molar-refractivity contribution in [2.75, 3.05) is 13.7 Å². The van der Waals surface area contributed by atoms with Crippen LogP contribution in [0.5, 0.6) is 0 Å². The first-order chi connectivity index (χ1) is 12.5. The van der Waals surface area contributed by atoms with Crippen LogP contribution in [0.4, 0.5) is 0 Å². The summed E-state index contributed by atoms with van der Waals surface area (Å²) in [5.41, 5.74) is 0.651. The van der Waals surface area contributed by atoms with Crippen LogP contribution in [-0.2, 0) is 22.5 Å². The van der Waals surface area contributed by atoms with Crippen LogP contribution in [-0.4, -0.2) is 35.1 Å². The van der Waals surface area contributed by atoms with Gasteiger partial charge in [0.25, 0.3) is 11.5 Å². The molecule has 1 amide bonds. The number of nitrogens with zero attached hydrogens (tertiary/aromatic N) is 2. The molecule has 8 heteroatoms. The molecule has 0 atom stereocenters. The van der Waals surface area contributed by atoms with E-state index >= 15 is 0 Å². The third-order valence-corrected chi connectivity index (χ3v) is 5.87. The second-order valence-electron chi connectivity index (χ2n) is 6.47. The van der Waals surface area contributed by atoms with E-state index in [0.29, 0.717) is 40.2 Å². The Balaban J connectivity index is 1.83. The molecular formula is C18H23N3O4S. The maximum Gasteiger partial charge on any atom is 0.305 e. The summed E-state index contributed by atoms with van der Waals surface area (Å²) in [7, 11) is 1.34. The largest absolute Gasteiger partial charge is 0.469 e. The highest BCUT2D eigenvalue weighted by Crippen LogP contribution is 2.28. The molecule has 2 aromatic rings. The number of esters is 1. The van der Waals surface area contributed by atoms with Crippen LogP contribution in [0.1, 0.15) is 53.2 Å². The number of amides is 1. The number of methoxy groups -OCH3 is 1. The number of ether oxygens (including phenoxy) is 1. The summed E-state index contributed by atoms with van der Waals surface area (Å²) in [6, 6.07) is 0. The average Bonchev–Trinajstić information content (AvgIpc) is 2.81. The van der Waals surface area contributed by atoms with Gasteiger partial charge in [-0.2, -0.15) is 0 Å². The van der Waals surface area contributed by atoms with E-state index in [0.717, 1.165) is 31.5 Å². The fraction of sp³-hybridized carbons (Fsp3) is 0.556. The fourth-order valence-corrected chi connectivity index (χ4v) is 4.35. The first kappa shape index (κ1) is 18.6. The number of nitrogens with one attached hydrogen (secondary N) is 1. The second-order valence-corrected chi connectivity index (χ2v) is 7.47. The van der Waals surface area contributed by atoms with E-state index in [9.17, 15) is 14.4 Å². The third kappa shape index (κ3) is 3.65. The molecular weight excluding hydrogens is 354 g/mol. The number of carbonyl (C=O) groups excluding carboxylic acids is 2. The summed E-state index contributed by atoms with van der Waals surface area (Å²) in [5.74, 6) is 0.303. The van der Waals surface area contributed by atoms with Crippen LogP contribution >= 0.6 is 11.3 Å². The zero-order chi connectivity index (χ0) is 18.7. The van der Waals surface area contributed by atoms with Crippen molar-refractivity contribution >= 4 is 33.4 Å². The fourth-order valence-electron chi connectivity index (χ4n) is 3.24. The molecule has 0 unspecified atom stereocenters. The van der Waals surface area contributed by atoms with Crippen molar-refractivity contribution in [3.05, 3.63) is 26.6 Å². The van der Waals surface area contributed by atoms with Gasteiger partial charge in [-0.05, 0) is 31.7 Å². The Morgan fingerprint density at radius 3 is 2.88 bits per heavy atom. The monoisotopic (exact) mass is 377 g/mol. The number of aryl methyl sites for hydroxylation is 2. The number of rotatable bonds is 5. The molecule has 0 radical (unpaired) electrons. The highest BCUT2D eigenvalue weighted by Gasteiger charge is 2.22.